The third-order valence-electron chi connectivity index (χ3n) is 3.49. The molecular weight excluding hydrogens is 250 g/mol. The lowest BCUT2D eigenvalue weighted by atomic mass is 10.1. The average molecular weight is 267 g/mol. The Bertz CT molecular complexity index is 625. The van der Waals surface area contributed by atoms with Gasteiger partial charge >= 0.3 is 0 Å². The van der Waals surface area contributed by atoms with Crippen molar-refractivity contribution in [3.63, 3.8) is 0 Å². The molecule has 0 bridgehead atoms. The molecule has 0 radical (unpaired) electrons. The van der Waals surface area contributed by atoms with Gasteiger partial charge in [0.1, 0.15) is 6.67 Å². The highest BCUT2D eigenvalue weighted by atomic mass is 16.2. The first kappa shape index (κ1) is 12.7. The van der Waals surface area contributed by atoms with Gasteiger partial charge in [0, 0.05) is 19.8 Å². The van der Waals surface area contributed by atoms with Crippen molar-refractivity contribution < 1.29 is 4.79 Å². The quantitative estimate of drug-likeness (QED) is 0.837. The Balaban J connectivity index is 2.11. The maximum Gasteiger partial charge on any atom is 0.271 e. The Hall–Kier alpha value is -2.33. The van der Waals surface area contributed by atoms with Crippen LogP contribution in [0.4, 0.5) is 11.4 Å². The molecule has 0 spiro atoms. The average Bonchev–Trinajstić information content (AvgIpc) is 2.48. The molecule has 1 amide bonds. The van der Waals surface area contributed by atoms with Crippen LogP contribution in [0.2, 0.25) is 0 Å². The zero-order valence-corrected chi connectivity index (χ0v) is 11.7. The predicted octanol–water partition coefficient (Wildman–Crippen LogP) is 2.71. The standard InChI is InChI=1S/C16H17N3O/c1-17(2)19-12-18(13-8-4-3-5-9-13)15-11-7-6-10-14(15)16(19)20/h3-11H,12H2,1-2H3. The molecule has 0 fully saturated rings. The van der Waals surface area contributed by atoms with E-state index in [4.69, 9.17) is 0 Å². The number of carbonyl (C=O) groups is 1. The summed E-state index contributed by atoms with van der Waals surface area (Å²) in [6.07, 6.45) is 0. The van der Waals surface area contributed by atoms with Gasteiger partial charge in [0.25, 0.3) is 5.91 Å². The second-order valence-corrected chi connectivity index (χ2v) is 4.97. The van der Waals surface area contributed by atoms with Crippen molar-refractivity contribution in [1.82, 2.24) is 10.0 Å². The number of fused-ring (bicyclic) bond motifs is 1. The molecular formula is C16H17N3O. The number of hydrogen-bond acceptors (Lipinski definition) is 3. The van der Waals surface area contributed by atoms with E-state index in [1.165, 1.54) is 0 Å². The Morgan fingerprint density at radius 2 is 1.60 bits per heavy atom. The lowest BCUT2D eigenvalue weighted by Crippen LogP contribution is -2.51. The predicted molar refractivity (Wildman–Crippen MR) is 79.7 cm³/mol. The molecule has 0 aliphatic carbocycles. The van der Waals surface area contributed by atoms with Crippen LogP contribution in [-0.4, -0.2) is 36.7 Å². The first-order valence-electron chi connectivity index (χ1n) is 6.59. The van der Waals surface area contributed by atoms with Crippen molar-refractivity contribution in [1.29, 1.82) is 0 Å². The molecule has 4 heteroatoms. The summed E-state index contributed by atoms with van der Waals surface area (Å²) in [5.41, 5.74) is 2.78. The molecule has 20 heavy (non-hydrogen) atoms. The van der Waals surface area contributed by atoms with Gasteiger partial charge in [-0.1, -0.05) is 30.3 Å². The molecule has 3 rings (SSSR count). The van der Waals surface area contributed by atoms with Crippen molar-refractivity contribution in [3.05, 3.63) is 60.2 Å². The zero-order chi connectivity index (χ0) is 14.1. The number of para-hydroxylation sites is 2. The number of hydrazine groups is 1. The Morgan fingerprint density at radius 1 is 0.950 bits per heavy atom. The maximum atomic E-state index is 12.5. The van der Waals surface area contributed by atoms with Crippen molar-refractivity contribution >= 4 is 17.3 Å². The summed E-state index contributed by atoms with van der Waals surface area (Å²) < 4.78 is 0. The largest absolute Gasteiger partial charge is 0.321 e. The van der Waals surface area contributed by atoms with E-state index < -0.39 is 0 Å². The second kappa shape index (κ2) is 4.98. The first-order chi connectivity index (χ1) is 9.68. The van der Waals surface area contributed by atoms with Crippen molar-refractivity contribution in [2.24, 2.45) is 0 Å². The van der Waals surface area contributed by atoms with Gasteiger partial charge in [0.2, 0.25) is 0 Å². The molecule has 2 aromatic carbocycles. The molecule has 4 nitrogen and oxygen atoms in total. The number of nitrogens with zero attached hydrogens (tertiary/aromatic N) is 3. The summed E-state index contributed by atoms with van der Waals surface area (Å²) in [5, 5.41) is 3.56. The van der Waals surface area contributed by atoms with Gasteiger partial charge in [-0.2, -0.15) is 0 Å². The number of benzene rings is 2. The molecule has 0 saturated heterocycles. The zero-order valence-electron chi connectivity index (χ0n) is 11.7. The van der Waals surface area contributed by atoms with E-state index in [1.54, 1.807) is 5.01 Å². The number of carbonyl (C=O) groups excluding carboxylic acids is 1. The van der Waals surface area contributed by atoms with Crippen LogP contribution >= 0.6 is 0 Å². The van der Waals surface area contributed by atoms with Crippen molar-refractivity contribution in [3.8, 4) is 0 Å². The van der Waals surface area contributed by atoms with Gasteiger partial charge in [-0.25, -0.2) is 5.01 Å². The van der Waals surface area contributed by atoms with Crippen LogP contribution in [0.3, 0.4) is 0 Å². The van der Waals surface area contributed by atoms with Gasteiger partial charge in [0.15, 0.2) is 0 Å². The van der Waals surface area contributed by atoms with Gasteiger partial charge in [-0.3, -0.25) is 9.80 Å². The van der Waals surface area contributed by atoms with Crippen LogP contribution in [0.15, 0.2) is 54.6 Å². The fourth-order valence-electron chi connectivity index (χ4n) is 2.44. The van der Waals surface area contributed by atoms with Crippen molar-refractivity contribution in [2.75, 3.05) is 25.7 Å². The third kappa shape index (κ3) is 2.04. The molecule has 0 N–H and O–H groups in total. The fraction of sp³-hybridized carbons (Fsp3) is 0.188. The third-order valence-corrected chi connectivity index (χ3v) is 3.49. The van der Waals surface area contributed by atoms with E-state index in [0.717, 1.165) is 16.9 Å². The summed E-state index contributed by atoms with van der Waals surface area (Å²) in [4.78, 5) is 14.6. The molecule has 0 atom stereocenters. The van der Waals surface area contributed by atoms with Crippen LogP contribution in [0.25, 0.3) is 0 Å². The minimum atomic E-state index is 0.0396. The van der Waals surface area contributed by atoms with E-state index in [1.807, 2.05) is 61.6 Å². The summed E-state index contributed by atoms with van der Waals surface area (Å²) in [6.45, 7) is 0.521. The second-order valence-electron chi connectivity index (χ2n) is 4.97. The minimum Gasteiger partial charge on any atom is -0.321 e. The monoisotopic (exact) mass is 267 g/mol. The number of hydrogen-bond donors (Lipinski definition) is 0. The Labute approximate surface area is 118 Å². The molecule has 0 saturated carbocycles. The van der Waals surface area contributed by atoms with E-state index in [9.17, 15) is 4.79 Å². The van der Waals surface area contributed by atoms with Crippen LogP contribution < -0.4 is 4.90 Å². The van der Waals surface area contributed by atoms with Crippen LogP contribution in [0, 0.1) is 0 Å². The summed E-state index contributed by atoms with van der Waals surface area (Å²) in [7, 11) is 3.77. The maximum absolute atomic E-state index is 12.5. The summed E-state index contributed by atoms with van der Waals surface area (Å²) >= 11 is 0. The molecule has 1 aliphatic heterocycles. The highest BCUT2D eigenvalue weighted by molar-refractivity contribution is 6.02. The lowest BCUT2D eigenvalue weighted by molar-refractivity contribution is 0.0192. The molecule has 0 aromatic heterocycles. The number of anilines is 2. The molecule has 1 aliphatic rings. The van der Waals surface area contributed by atoms with Gasteiger partial charge < -0.3 is 4.90 Å². The van der Waals surface area contributed by atoms with Crippen LogP contribution in [-0.2, 0) is 0 Å². The molecule has 102 valence electrons. The topological polar surface area (TPSA) is 26.8 Å². The first-order valence-corrected chi connectivity index (χ1v) is 6.59. The Kier molecular flexibility index (Phi) is 3.16. The normalized spacial score (nSPS) is 14.7. The number of rotatable bonds is 2. The van der Waals surface area contributed by atoms with E-state index >= 15 is 0 Å². The minimum absolute atomic E-state index is 0.0396. The van der Waals surface area contributed by atoms with E-state index in [0.29, 0.717) is 6.67 Å². The highest BCUT2D eigenvalue weighted by Gasteiger charge is 2.30. The molecule has 0 unspecified atom stereocenters. The molecule has 1 heterocycles. The van der Waals surface area contributed by atoms with E-state index in [-0.39, 0.29) is 5.91 Å². The SMILES string of the molecule is CN(C)N1CN(c2ccccc2)c2ccccc2C1=O. The fourth-order valence-corrected chi connectivity index (χ4v) is 2.44. The van der Waals surface area contributed by atoms with Crippen LogP contribution in [0.1, 0.15) is 10.4 Å². The number of amides is 1. The Morgan fingerprint density at radius 3 is 2.30 bits per heavy atom. The highest BCUT2D eigenvalue weighted by Crippen LogP contribution is 2.33. The van der Waals surface area contributed by atoms with Gasteiger partial charge in [0.05, 0.1) is 11.3 Å². The van der Waals surface area contributed by atoms with Crippen LogP contribution in [0.5, 0.6) is 0 Å². The summed E-state index contributed by atoms with van der Waals surface area (Å²) in [6, 6.07) is 17.9. The smallest absolute Gasteiger partial charge is 0.271 e. The lowest BCUT2D eigenvalue weighted by Gasteiger charge is -2.40. The van der Waals surface area contributed by atoms with Gasteiger partial charge in [-0.05, 0) is 24.3 Å². The van der Waals surface area contributed by atoms with Gasteiger partial charge in [-0.15, -0.1) is 0 Å². The van der Waals surface area contributed by atoms with Crippen molar-refractivity contribution in [2.45, 2.75) is 0 Å². The van der Waals surface area contributed by atoms with E-state index in [2.05, 4.69) is 17.0 Å². The molecule has 2 aromatic rings. The summed E-state index contributed by atoms with van der Waals surface area (Å²) in [5.74, 6) is 0.0396.